The average Bonchev–Trinajstić information content (AvgIpc) is 2.13. The third-order valence-electron chi connectivity index (χ3n) is 1.85. The van der Waals surface area contributed by atoms with Crippen LogP contribution in [0.25, 0.3) is 0 Å². The Balaban J connectivity index is 3.00. The second-order valence-electron chi connectivity index (χ2n) is 2.94. The number of benzene rings is 1. The molecule has 4 N–H and O–H groups in total. The molecule has 0 radical (unpaired) electrons. The van der Waals surface area contributed by atoms with Gasteiger partial charge in [-0.25, -0.2) is 0 Å². The third-order valence-corrected chi connectivity index (χ3v) is 2.14. The van der Waals surface area contributed by atoms with Crippen molar-refractivity contribution in [2.75, 3.05) is 13.6 Å². The number of likely N-dealkylation sites (N-methyl/N-ethyl adjacent to an activating group) is 1. The standard InChI is InChI=1S/C9H12ClNO3/c1-11-4-8(13)5-2-6(10)9(14)7(12)3-5/h2-3,8,11-14H,4H2,1H3/t8-/m0/s1. The van der Waals surface area contributed by atoms with Crippen LogP contribution in [-0.4, -0.2) is 28.9 Å². The molecule has 14 heavy (non-hydrogen) atoms. The van der Waals surface area contributed by atoms with Crippen molar-refractivity contribution >= 4 is 11.6 Å². The van der Waals surface area contributed by atoms with Gasteiger partial charge in [-0.3, -0.25) is 0 Å². The fourth-order valence-electron chi connectivity index (χ4n) is 1.11. The molecule has 1 aromatic carbocycles. The van der Waals surface area contributed by atoms with Crippen LogP contribution >= 0.6 is 11.6 Å². The van der Waals surface area contributed by atoms with E-state index in [-0.39, 0.29) is 16.5 Å². The fraction of sp³-hybridized carbons (Fsp3) is 0.333. The molecule has 1 atom stereocenters. The van der Waals surface area contributed by atoms with Gasteiger partial charge in [-0.2, -0.15) is 0 Å². The van der Waals surface area contributed by atoms with Crippen molar-refractivity contribution in [3.63, 3.8) is 0 Å². The van der Waals surface area contributed by atoms with Gasteiger partial charge in [0.2, 0.25) is 0 Å². The molecule has 0 aliphatic heterocycles. The lowest BCUT2D eigenvalue weighted by Gasteiger charge is -2.11. The number of aliphatic hydroxyl groups excluding tert-OH is 1. The second-order valence-corrected chi connectivity index (χ2v) is 3.35. The van der Waals surface area contributed by atoms with Crippen LogP contribution in [0.4, 0.5) is 0 Å². The molecular formula is C9H12ClNO3. The minimum atomic E-state index is -0.760. The average molecular weight is 218 g/mol. The normalized spacial score (nSPS) is 12.8. The van der Waals surface area contributed by atoms with Crippen molar-refractivity contribution in [1.29, 1.82) is 0 Å². The summed E-state index contributed by atoms with van der Waals surface area (Å²) in [6.07, 6.45) is -0.760. The molecule has 0 spiro atoms. The summed E-state index contributed by atoms with van der Waals surface area (Å²) in [5.41, 5.74) is 0.458. The van der Waals surface area contributed by atoms with Crippen LogP contribution in [0.1, 0.15) is 11.7 Å². The van der Waals surface area contributed by atoms with Crippen molar-refractivity contribution < 1.29 is 15.3 Å². The zero-order valence-corrected chi connectivity index (χ0v) is 8.41. The highest BCUT2D eigenvalue weighted by Gasteiger charge is 2.12. The van der Waals surface area contributed by atoms with Crippen molar-refractivity contribution in [2.24, 2.45) is 0 Å². The SMILES string of the molecule is CNC[C@H](O)c1cc(O)c(O)c(Cl)c1. The van der Waals surface area contributed by atoms with Gasteiger partial charge in [0.15, 0.2) is 11.5 Å². The van der Waals surface area contributed by atoms with E-state index in [1.165, 1.54) is 12.1 Å². The zero-order chi connectivity index (χ0) is 10.7. The fourth-order valence-corrected chi connectivity index (χ4v) is 1.33. The van der Waals surface area contributed by atoms with Crippen molar-refractivity contribution in [2.45, 2.75) is 6.10 Å². The quantitative estimate of drug-likeness (QED) is 0.570. The summed E-state index contributed by atoms with van der Waals surface area (Å²) in [6, 6.07) is 2.70. The first-order chi connectivity index (χ1) is 6.56. The van der Waals surface area contributed by atoms with Gasteiger partial charge in [-0.15, -0.1) is 0 Å². The first-order valence-corrected chi connectivity index (χ1v) is 4.48. The number of phenols is 2. The summed E-state index contributed by atoms with van der Waals surface area (Å²) >= 11 is 5.62. The summed E-state index contributed by atoms with van der Waals surface area (Å²) in [7, 11) is 1.70. The monoisotopic (exact) mass is 217 g/mol. The Kier molecular flexibility index (Phi) is 3.57. The predicted octanol–water partition coefficient (Wildman–Crippen LogP) is 1.00. The molecule has 1 rings (SSSR count). The number of aromatic hydroxyl groups is 2. The summed E-state index contributed by atoms with van der Waals surface area (Å²) in [4.78, 5) is 0. The van der Waals surface area contributed by atoms with Crippen LogP contribution in [0.15, 0.2) is 12.1 Å². The molecule has 0 saturated heterocycles. The predicted molar refractivity (Wildman–Crippen MR) is 53.7 cm³/mol. The second kappa shape index (κ2) is 4.50. The van der Waals surface area contributed by atoms with Gasteiger partial charge in [0.05, 0.1) is 11.1 Å². The van der Waals surface area contributed by atoms with Crippen LogP contribution in [0.2, 0.25) is 5.02 Å². The number of rotatable bonds is 3. The van der Waals surface area contributed by atoms with Crippen molar-refractivity contribution in [3.05, 3.63) is 22.7 Å². The van der Waals surface area contributed by atoms with Crippen LogP contribution in [-0.2, 0) is 0 Å². The van der Waals surface area contributed by atoms with E-state index in [1.54, 1.807) is 7.05 Å². The maximum Gasteiger partial charge on any atom is 0.176 e. The van der Waals surface area contributed by atoms with E-state index in [2.05, 4.69) is 5.32 Å². The van der Waals surface area contributed by atoms with E-state index in [9.17, 15) is 10.2 Å². The lowest BCUT2D eigenvalue weighted by atomic mass is 10.1. The van der Waals surface area contributed by atoms with Gasteiger partial charge >= 0.3 is 0 Å². The van der Waals surface area contributed by atoms with E-state index >= 15 is 0 Å². The van der Waals surface area contributed by atoms with Crippen LogP contribution in [0, 0.1) is 0 Å². The zero-order valence-electron chi connectivity index (χ0n) is 7.66. The number of hydrogen-bond acceptors (Lipinski definition) is 4. The molecule has 0 fully saturated rings. The Morgan fingerprint density at radius 2 is 2.07 bits per heavy atom. The summed E-state index contributed by atoms with van der Waals surface area (Å²) in [5.74, 6) is -0.699. The molecule has 78 valence electrons. The number of hydrogen-bond donors (Lipinski definition) is 4. The van der Waals surface area contributed by atoms with Gasteiger partial charge in [0.1, 0.15) is 0 Å². The molecule has 1 aromatic rings. The molecule has 0 aromatic heterocycles. The van der Waals surface area contributed by atoms with Crippen molar-refractivity contribution in [3.8, 4) is 11.5 Å². The van der Waals surface area contributed by atoms with Gasteiger partial charge in [-0.05, 0) is 24.7 Å². The lowest BCUT2D eigenvalue weighted by Crippen LogP contribution is -2.16. The molecule has 0 aliphatic carbocycles. The third kappa shape index (κ3) is 2.29. The maximum absolute atomic E-state index is 9.55. The van der Waals surface area contributed by atoms with E-state index in [0.717, 1.165) is 0 Å². The number of nitrogens with one attached hydrogen (secondary N) is 1. The van der Waals surface area contributed by atoms with Gasteiger partial charge in [0, 0.05) is 6.54 Å². The molecule has 0 unspecified atom stereocenters. The number of aliphatic hydroxyl groups is 1. The minimum absolute atomic E-state index is 0.0233. The molecule has 0 heterocycles. The van der Waals surface area contributed by atoms with E-state index in [1.807, 2.05) is 0 Å². The Labute approximate surface area is 86.8 Å². The Hall–Kier alpha value is -0.970. The minimum Gasteiger partial charge on any atom is -0.504 e. The number of halogens is 1. The van der Waals surface area contributed by atoms with E-state index in [0.29, 0.717) is 12.1 Å². The first kappa shape index (κ1) is 11.1. The highest BCUT2D eigenvalue weighted by Crippen LogP contribution is 2.35. The largest absolute Gasteiger partial charge is 0.504 e. The van der Waals surface area contributed by atoms with Crippen LogP contribution in [0.5, 0.6) is 11.5 Å². The van der Waals surface area contributed by atoms with E-state index < -0.39 is 6.10 Å². The number of phenolic OH excluding ortho intramolecular Hbond substituents is 2. The molecular weight excluding hydrogens is 206 g/mol. The highest BCUT2D eigenvalue weighted by molar-refractivity contribution is 6.32. The Morgan fingerprint density at radius 1 is 1.43 bits per heavy atom. The molecule has 5 heteroatoms. The first-order valence-electron chi connectivity index (χ1n) is 4.10. The highest BCUT2D eigenvalue weighted by atomic mass is 35.5. The summed E-state index contributed by atoms with van der Waals surface area (Å²) in [6.45, 7) is 0.348. The maximum atomic E-state index is 9.55. The van der Waals surface area contributed by atoms with E-state index in [4.69, 9.17) is 16.7 Å². The topological polar surface area (TPSA) is 72.7 Å². The Bertz CT molecular complexity index is 307. The smallest absolute Gasteiger partial charge is 0.176 e. The molecule has 4 nitrogen and oxygen atoms in total. The summed E-state index contributed by atoms with van der Waals surface area (Å²) < 4.78 is 0. The molecule has 0 aliphatic rings. The van der Waals surface area contributed by atoms with Gasteiger partial charge in [-0.1, -0.05) is 11.6 Å². The summed E-state index contributed by atoms with van der Waals surface area (Å²) in [5, 5.41) is 30.7. The van der Waals surface area contributed by atoms with Gasteiger partial charge in [0.25, 0.3) is 0 Å². The van der Waals surface area contributed by atoms with Crippen LogP contribution < -0.4 is 5.32 Å². The molecule has 0 bridgehead atoms. The van der Waals surface area contributed by atoms with Crippen LogP contribution in [0.3, 0.4) is 0 Å². The molecule has 0 saturated carbocycles. The van der Waals surface area contributed by atoms with Crippen molar-refractivity contribution in [1.82, 2.24) is 5.32 Å². The van der Waals surface area contributed by atoms with Gasteiger partial charge < -0.3 is 20.6 Å². The lowest BCUT2D eigenvalue weighted by molar-refractivity contribution is 0.177. The molecule has 0 amide bonds. The Morgan fingerprint density at radius 3 is 2.57 bits per heavy atom.